The Hall–Kier alpha value is -1.39. The Labute approximate surface area is 114 Å². The molecule has 0 saturated heterocycles. The van der Waals surface area contributed by atoms with Crippen molar-refractivity contribution in [2.45, 2.75) is 39.0 Å². The normalized spacial score (nSPS) is 12.1. The molecule has 102 valence electrons. The van der Waals surface area contributed by atoms with Crippen LogP contribution in [0.15, 0.2) is 23.1 Å². The van der Waals surface area contributed by atoms with Gasteiger partial charge in [0, 0.05) is 0 Å². The summed E-state index contributed by atoms with van der Waals surface area (Å²) in [6.45, 7) is 7.67. The smallest absolute Gasteiger partial charge is 0.282 e. The van der Waals surface area contributed by atoms with Gasteiger partial charge in [0.1, 0.15) is 0 Å². The van der Waals surface area contributed by atoms with Gasteiger partial charge in [-0.1, -0.05) is 19.1 Å². The summed E-state index contributed by atoms with van der Waals surface area (Å²) >= 11 is 0. The van der Waals surface area contributed by atoms with E-state index in [9.17, 15) is 13.0 Å². The van der Waals surface area contributed by atoms with E-state index in [0.717, 1.165) is 28.3 Å². The van der Waals surface area contributed by atoms with Crippen molar-refractivity contribution in [3.63, 3.8) is 0 Å². The summed E-state index contributed by atoms with van der Waals surface area (Å²) in [5.74, 6) is 0. The highest BCUT2D eigenvalue weighted by Crippen LogP contribution is 2.31. The van der Waals surface area contributed by atoms with Crippen LogP contribution in [0.1, 0.15) is 29.2 Å². The van der Waals surface area contributed by atoms with Crippen LogP contribution in [0.2, 0.25) is 0 Å². The van der Waals surface area contributed by atoms with Gasteiger partial charge in [-0.3, -0.25) is 4.55 Å². The van der Waals surface area contributed by atoms with E-state index in [1.807, 2.05) is 19.9 Å². The van der Waals surface area contributed by atoms with Crippen LogP contribution in [0.3, 0.4) is 0 Å². The molecule has 0 radical (unpaired) electrons. The lowest BCUT2D eigenvalue weighted by molar-refractivity contribution is 0.482. The number of hydrogen-bond donors (Lipinski definition) is 1. The van der Waals surface area contributed by atoms with Crippen molar-refractivity contribution in [1.29, 1.82) is 0 Å². The average molecular weight is 278 g/mol. The fourth-order valence-corrected chi connectivity index (χ4v) is 3.37. The summed E-state index contributed by atoms with van der Waals surface area (Å²) in [7, 11) is -4.18. The van der Waals surface area contributed by atoms with Gasteiger partial charge in [-0.25, -0.2) is 0 Å². The first-order valence-electron chi connectivity index (χ1n) is 6.27. The van der Waals surface area contributed by atoms with Crippen LogP contribution in [0.5, 0.6) is 0 Å². The van der Waals surface area contributed by atoms with Crippen LogP contribution in [-0.4, -0.2) is 13.0 Å². The van der Waals surface area contributed by atoms with E-state index >= 15 is 0 Å². The number of hydrogen-bond acceptors (Lipinski definition) is 2. The van der Waals surface area contributed by atoms with Crippen molar-refractivity contribution in [1.82, 2.24) is 0 Å². The third-order valence-electron chi connectivity index (χ3n) is 3.90. The maximum absolute atomic E-state index is 11.5. The zero-order valence-corrected chi connectivity index (χ0v) is 12.4. The molecule has 0 heterocycles. The molecular formula is C15H18O3S. The molecule has 0 spiro atoms. The van der Waals surface area contributed by atoms with E-state index in [0.29, 0.717) is 5.56 Å². The van der Waals surface area contributed by atoms with Gasteiger partial charge in [-0.05, 0) is 66.3 Å². The topological polar surface area (TPSA) is 54.4 Å². The molecule has 2 aromatic carbocycles. The van der Waals surface area contributed by atoms with Crippen LogP contribution in [0, 0.1) is 20.8 Å². The Morgan fingerprint density at radius 1 is 1.00 bits per heavy atom. The number of benzene rings is 2. The molecule has 19 heavy (non-hydrogen) atoms. The van der Waals surface area contributed by atoms with Gasteiger partial charge in [0.25, 0.3) is 10.1 Å². The van der Waals surface area contributed by atoms with Crippen molar-refractivity contribution in [3.8, 4) is 0 Å². The minimum Gasteiger partial charge on any atom is -0.282 e. The molecule has 2 aromatic rings. The van der Waals surface area contributed by atoms with Crippen LogP contribution in [0.4, 0.5) is 0 Å². The maximum atomic E-state index is 11.5. The van der Waals surface area contributed by atoms with Crippen molar-refractivity contribution >= 4 is 20.9 Å². The molecule has 0 amide bonds. The highest BCUT2D eigenvalue weighted by atomic mass is 32.2. The summed E-state index contributed by atoms with van der Waals surface area (Å²) in [6.07, 6.45) is 0.899. The van der Waals surface area contributed by atoms with Gasteiger partial charge in [-0.15, -0.1) is 0 Å². The fourth-order valence-electron chi connectivity index (χ4n) is 2.56. The molecule has 0 atom stereocenters. The highest BCUT2D eigenvalue weighted by molar-refractivity contribution is 7.85. The Morgan fingerprint density at radius 2 is 1.63 bits per heavy atom. The quantitative estimate of drug-likeness (QED) is 0.854. The number of fused-ring (bicyclic) bond motifs is 1. The molecule has 0 bridgehead atoms. The first-order valence-corrected chi connectivity index (χ1v) is 7.71. The van der Waals surface area contributed by atoms with Crippen LogP contribution < -0.4 is 0 Å². The van der Waals surface area contributed by atoms with Crippen LogP contribution >= 0.6 is 0 Å². The molecule has 1 N–H and O–H groups in total. The molecule has 0 aliphatic carbocycles. The van der Waals surface area contributed by atoms with E-state index < -0.39 is 10.1 Å². The molecule has 0 unspecified atom stereocenters. The second-order valence-corrected chi connectivity index (χ2v) is 6.29. The van der Waals surface area contributed by atoms with Gasteiger partial charge < -0.3 is 0 Å². The lowest BCUT2D eigenvalue weighted by atomic mass is 9.94. The minimum absolute atomic E-state index is 0.00820. The summed E-state index contributed by atoms with van der Waals surface area (Å²) in [5, 5.41) is 1.94. The second kappa shape index (κ2) is 4.62. The predicted octanol–water partition coefficient (Wildman–Crippen LogP) is 3.57. The van der Waals surface area contributed by atoms with E-state index in [2.05, 4.69) is 13.0 Å². The van der Waals surface area contributed by atoms with Gasteiger partial charge in [0.15, 0.2) is 0 Å². The average Bonchev–Trinajstić information content (AvgIpc) is 2.33. The Morgan fingerprint density at radius 3 is 2.16 bits per heavy atom. The van der Waals surface area contributed by atoms with Gasteiger partial charge in [0.05, 0.1) is 4.90 Å². The van der Waals surface area contributed by atoms with Crippen LogP contribution in [-0.2, 0) is 16.5 Å². The van der Waals surface area contributed by atoms with E-state index in [4.69, 9.17) is 0 Å². The Kier molecular flexibility index (Phi) is 3.41. The minimum atomic E-state index is -4.18. The molecule has 4 heteroatoms. The Bertz CT molecular complexity index is 759. The van der Waals surface area contributed by atoms with Gasteiger partial charge >= 0.3 is 0 Å². The third-order valence-corrected chi connectivity index (χ3v) is 4.88. The largest absolute Gasteiger partial charge is 0.294 e. The predicted molar refractivity (Wildman–Crippen MR) is 77.4 cm³/mol. The van der Waals surface area contributed by atoms with Crippen molar-refractivity contribution < 1.29 is 13.0 Å². The van der Waals surface area contributed by atoms with Crippen molar-refractivity contribution in [2.75, 3.05) is 0 Å². The Balaban J connectivity index is 2.98. The van der Waals surface area contributed by atoms with Gasteiger partial charge in [-0.2, -0.15) is 8.42 Å². The highest BCUT2D eigenvalue weighted by Gasteiger charge is 2.18. The van der Waals surface area contributed by atoms with Crippen LogP contribution in [0.25, 0.3) is 10.8 Å². The fraction of sp³-hybridized carbons (Fsp3) is 0.333. The van der Waals surface area contributed by atoms with E-state index in [1.165, 1.54) is 5.56 Å². The zero-order chi connectivity index (χ0) is 14.4. The molecule has 0 fully saturated rings. The molecular weight excluding hydrogens is 260 g/mol. The third kappa shape index (κ3) is 2.26. The summed E-state index contributed by atoms with van der Waals surface area (Å²) in [5.41, 5.74) is 3.78. The lowest BCUT2D eigenvalue weighted by Gasteiger charge is -2.14. The molecule has 3 nitrogen and oxygen atoms in total. The maximum Gasteiger partial charge on any atom is 0.294 e. The standard InChI is InChI=1S/C15H18O3S/c1-5-12-6-7-13-9(2)10(3)15(19(16,17)18)8-14(13)11(12)4/h6-8H,5H2,1-4H3,(H,16,17,18). The molecule has 0 saturated carbocycles. The van der Waals surface area contributed by atoms with Crippen molar-refractivity contribution in [3.05, 3.63) is 40.5 Å². The summed E-state index contributed by atoms with van der Waals surface area (Å²) in [6, 6.07) is 5.69. The summed E-state index contributed by atoms with van der Waals surface area (Å²) in [4.78, 5) is 0.00820. The number of aryl methyl sites for hydroxylation is 3. The SMILES string of the molecule is CCc1ccc2c(C)c(C)c(S(=O)(=O)O)cc2c1C. The van der Waals surface area contributed by atoms with E-state index in [1.54, 1.807) is 13.0 Å². The van der Waals surface area contributed by atoms with Gasteiger partial charge in [0.2, 0.25) is 0 Å². The number of rotatable bonds is 2. The first kappa shape index (κ1) is 14.0. The van der Waals surface area contributed by atoms with Crippen molar-refractivity contribution in [2.24, 2.45) is 0 Å². The summed E-state index contributed by atoms with van der Waals surface area (Å²) < 4.78 is 32.3. The lowest BCUT2D eigenvalue weighted by Crippen LogP contribution is -2.03. The molecule has 0 aliphatic heterocycles. The van der Waals surface area contributed by atoms with E-state index in [-0.39, 0.29) is 4.90 Å². The molecule has 2 rings (SSSR count). The second-order valence-electron chi connectivity index (χ2n) is 4.90. The first-order chi connectivity index (χ1) is 8.77. The monoisotopic (exact) mass is 278 g/mol. The zero-order valence-electron chi connectivity index (χ0n) is 11.6. The molecule has 0 aromatic heterocycles. The molecule has 0 aliphatic rings.